The highest BCUT2D eigenvalue weighted by atomic mass is 28.3. The van der Waals surface area contributed by atoms with Crippen LogP contribution in [-0.4, -0.2) is 8.80 Å². The van der Waals surface area contributed by atoms with Gasteiger partial charge in [0.15, 0.2) is 0 Å². The van der Waals surface area contributed by atoms with Gasteiger partial charge >= 0.3 is 0 Å². The van der Waals surface area contributed by atoms with Gasteiger partial charge in [-0.05, 0) is 6.04 Å². The molecular formula is C7H14Si. The first-order chi connectivity index (χ1) is 3.81. The molecule has 0 amide bonds. The predicted molar refractivity (Wildman–Crippen MR) is 41.6 cm³/mol. The van der Waals surface area contributed by atoms with Crippen LogP contribution < -0.4 is 0 Å². The van der Waals surface area contributed by atoms with Gasteiger partial charge < -0.3 is 0 Å². The van der Waals surface area contributed by atoms with Gasteiger partial charge in [0.25, 0.3) is 0 Å². The van der Waals surface area contributed by atoms with E-state index in [0.717, 1.165) is 0 Å². The molecule has 0 nitrogen and oxygen atoms in total. The summed E-state index contributed by atoms with van der Waals surface area (Å²) in [5, 5.41) is 0. The maximum absolute atomic E-state index is 5.22. The van der Waals surface area contributed by atoms with E-state index in [1.165, 1.54) is 18.9 Å². The maximum Gasteiger partial charge on any atom is 0.119 e. The zero-order valence-corrected chi connectivity index (χ0v) is 6.93. The van der Waals surface area contributed by atoms with Crippen molar-refractivity contribution in [1.29, 1.82) is 0 Å². The standard InChI is InChI=1S/C7H14Si/c1-4-6-7-8(3)5-2/h2,8H,4,6-7H2,1,3H3. The Kier molecular flexibility index (Phi) is 4.79. The Labute approximate surface area is 53.9 Å². The maximum atomic E-state index is 5.22. The molecule has 1 heteroatoms. The summed E-state index contributed by atoms with van der Waals surface area (Å²) >= 11 is 0. The van der Waals surface area contributed by atoms with Crippen molar-refractivity contribution in [2.75, 3.05) is 0 Å². The van der Waals surface area contributed by atoms with Crippen LogP contribution in [0.2, 0.25) is 12.6 Å². The van der Waals surface area contributed by atoms with E-state index in [1.807, 2.05) is 0 Å². The van der Waals surface area contributed by atoms with Crippen LogP contribution in [0.3, 0.4) is 0 Å². The van der Waals surface area contributed by atoms with E-state index in [-0.39, 0.29) is 0 Å². The second kappa shape index (κ2) is 4.92. The van der Waals surface area contributed by atoms with Crippen LogP contribution in [0.1, 0.15) is 19.8 Å². The van der Waals surface area contributed by atoms with Crippen molar-refractivity contribution in [2.24, 2.45) is 0 Å². The topological polar surface area (TPSA) is 0 Å². The average molecular weight is 126 g/mol. The molecule has 0 aliphatic heterocycles. The highest BCUT2D eigenvalue weighted by Gasteiger charge is 1.95. The van der Waals surface area contributed by atoms with Gasteiger partial charge in [0, 0.05) is 0 Å². The Morgan fingerprint density at radius 3 is 2.62 bits per heavy atom. The Bertz CT molecular complexity index is 80.9. The van der Waals surface area contributed by atoms with Crippen LogP contribution in [0.25, 0.3) is 0 Å². The Morgan fingerprint density at radius 2 is 2.25 bits per heavy atom. The van der Waals surface area contributed by atoms with Crippen molar-refractivity contribution in [3.05, 3.63) is 0 Å². The second-order valence-corrected chi connectivity index (χ2v) is 4.92. The molecule has 0 spiro atoms. The summed E-state index contributed by atoms with van der Waals surface area (Å²) in [6.07, 6.45) is 7.85. The Balaban J connectivity index is 3.02. The van der Waals surface area contributed by atoms with Crippen molar-refractivity contribution in [2.45, 2.75) is 32.4 Å². The summed E-state index contributed by atoms with van der Waals surface area (Å²) in [4.78, 5) is 0. The molecule has 0 aliphatic rings. The molecule has 0 saturated heterocycles. The van der Waals surface area contributed by atoms with Crippen LogP contribution in [-0.2, 0) is 0 Å². The van der Waals surface area contributed by atoms with Gasteiger partial charge in [-0.3, -0.25) is 0 Å². The number of hydrogen-bond donors (Lipinski definition) is 0. The van der Waals surface area contributed by atoms with Crippen molar-refractivity contribution in [1.82, 2.24) is 0 Å². The predicted octanol–water partition coefficient (Wildman–Crippen LogP) is 1.82. The quantitative estimate of drug-likeness (QED) is 0.400. The van der Waals surface area contributed by atoms with Gasteiger partial charge in [-0.15, -0.1) is 12.0 Å². The van der Waals surface area contributed by atoms with Crippen LogP contribution in [0, 0.1) is 12.0 Å². The molecule has 0 saturated carbocycles. The molecule has 1 unspecified atom stereocenters. The molecular weight excluding hydrogens is 112 g/mol. The van der Waals surface area contributed by atoms with Crippen molar-refractivity contribution in [3.63, 3.8) is 0 Å². The second-order valence-electron chi connectivity index (χ2n) is 2.21. The summed E-state index contributed by atoms with van der Waals surface area (Å²) < 4.78 is 0. The van der Waals surface area contributed by atoms with Crippen molar-refractivity contribution in [3.8, 4) is 12.0 Å². The minimum absolute atomic E-state index is 0.671. The first-order valence-electron chi connectivity index (χ1n) is 3.27. The van der Waals surface area contributed by atoms with E-state index in [2.05, 4.69) is 19.0 Å². The first kappa shape index (κ1) is 7.78. The third-order valence-electron chi connectivity index (χ3n) is 1.28. The fourth-order valence-corrected chi connectivity index (χ4v) is 1.78. The molecule has 0 N–H and O–H groups in total. The van der Waals surface area contributed by atoms with Crippen molar-refractivity contribution >= 4 is 8.80 Å². The molecule has 0 rings (SSSR count). The third-order valence-corrected chi connectivity index (χ3v) is 3.12. The molecule has 8 heavy (non-hydrogen) atoms. The molecule has 0 radical (unpaired) electrons. The number of terminal acetylenes is 1. The summed E-state index contributed by atoms with van der Waals surface area (Å²) in [5.41, 5.74) is 2.84. The molecule has 1 atom stereocenters. The zero-order chi connectivity index (χ0) is 6.41. The molecule has 0 aromatic rings. The van der Waals surface area contributed by atoms with Crippen molar-refractivity contribution < 1.29 is 0 Å². The van der Waals surface area contributed by atoms with Crippen LogP contribution in [0.15, 0.2) is 0 Å². The van der Waals surface area contributed by atoms with Crippen LogP contribution in [0.4, 0.5) is 0 Å². The van der Waals surface area contributed by atoms with Gasteiger partial charge in [-0.1, -0.05) is 26.3 Å². The summed E-state index contributed by atoms with van der Waals surface area (Å²) in [7, 11) is -0.671. The number of hydrogen-bond acceptors (Lipinski definition) is 0. The molecule has 0 aromatic heterocycles. The molecule has 0 bridgehead atoms. The summed E-state index contributed by atoms with van der Waals surface area (Å²) in [6, 6.07) is 1.33. The minimum Gasteiger partial charge on any atom is -0.139 e. The Hall–Kier alpha value is -0.223. The number of unbranched alkanes of at least 4 members (excludes halogenated alkanes) is 1. The van der Waals surface area contributed by atoms with E-state index in [9.17, 15) is 0 Å². The Morgan fingerprint density at radius 1 is 1.62 bits per heavy atom. The van der Waals surface area contributed by atoms with Crippen LogP contribution >= 0.6 is 0 Å². The normalized spacial score (nSPS) is 12.6. The lowest BCUT2D eigenvalue weighted by atomic mass is 10.4. The minimum atomic E-state index is -0.671. The van der Waals surface area contributed by atoms with Gasteiger partial charge in [0.05, 0.1) is 0 Å². The largest absolute Gasteiger partial charge is 0.139 e. The zero-order valence-electron chi connectivity index (χ0n) is 5.78. The first-order valence-corrected chi connectivity index (χ1v) is 5.82. The monoisotopic (exact) mass is 126 g/mol. The summed E-state index contributed by atoms with van der Waals surface area (Å²) in [5.74, 6) is 0. The lowest BCUT2D eigenvalue weighted by Gasteiger charge is -1.96. The van der Waals surface area contributed by atoms with Gasteiger partial charge in [0.1, 0.15) is 8.80 Å². The van der Waals surface area contributed by atoms with Crippen LogP contribution in [0.5, 0.6) is 0 Å². The van der Waals surface area contributed by atoms with E-state index < -0.39 is 8.80 Å². The van der Waals surface area contributed by atoms with E-state index >= 15 is 0 Å². The molecule has 46 valence electrons. The third kappa shape index (κ3) is 3.95. The van der Waals surface area contributed by atoms with E-state index in [0.29, 0.717) is 0 Å². The fourth-order valence-electron chi connectivity index (χ4n) is 0.594. The lowest BCUT2D eigenvalue weighted by Crippen LogP contribution is -2.01. The average Bonchev–Trinajstić information content (AvgIpc) is 1.83. The van der Waals surface area contributed by atoms with Gasteiger partial charge in [0.2, 0.25) is 0 Å². The molecule has 0 fully saturated rings. The number of rotatable bonds is 3. The lowest BCUT2D eigenvalue weighted by molar-refractivity contribution is 0.877. The highest BCUT2D eigenvalue weighted by molar-refractivity contribution is 6.66. The van der Waals surface area contributed by atoms with E-state index in [4.69, 9.17) is 6.42 Å². The molecule has 0 heterocycles. The highest BCUT2D eigenvalue weighted by Crippen LogP contribution is 1.98. The smallest absolute Gasteiger partial charge is 0.119 e. The SMILES string of the molecule is C#C[SiH](C)CCCC. The summed E-state index contributed by atoms with van der Waals surface area (Å²) in [6.45, 7) is 4.44. The fraction of sp³-hybridized carbons (Fsp3) is 0.714. The van der Waals surface area contributed by atoms with E-state index in [1.54, 1.807) is 0 Å². The molecule has 0 aromatic carbocycles. The van der Waals surface area contributed by atoms with Gasteiger partial charge in [-0.25, -0.2) is 0 Å². The molecule has 0 aliphatic carbocycles. The van der Waals surface area contributed by atoms with Gasteiger partial charge in [-0.2, -0.15) is 0 Å².